The van der Waals surface area contributed by atoms with Gasteiger partial charge in [0.1, 0.15) is 0 Å². The molecule has 0 heterocycles. The summed E-state index contributed by atoms with van der Waals surface area (Å²) in [6.07, 6.45) is 0. The summed E-state index contributed by atoms with van der Waals surface area (Å²) in [5, 5.41) is 0. The zero-order chi connectivity index (χ0) is 12.2. The van der Waals surface area contributed by atoms with Crippen molar-refractivity contribution in [2.24, 2.45) is 0 Å². The van der Waals surface area contributed by atoms with Gasteiger partial charge < -0.3 is 4.12 Å². The molecule has 3 heteroatoms. The van der Waals surface area contributed by atoms with Gasteiger partial charge in [0.05, 0.1) is 0 Å². The molecule has 0 aliphatic carbocycles. The van der Waals surface area contributed by atoms with Crippen molar-refractivity contribution in [2.75, 3.05) is 0 Å². The Labute approximate surface area is 99.5 Å². The zero-order valence-electron chi connectivity index (χ0n) is 11.9. The fourth-order valence-corrected chi connectivity index (χ4v) is 13.6. The van der Waals surface area contributed by atoms with Crippen LogP contribution in [0.5, 0.6) is 0 Å². The Kier molecular flexibility index (Phi) is 6.37. The van der Waals surface area contributed by atoms with E-state index in [9.17, 15) is 0 Å². The van der Waals surface area contributed by atoms with Crippen LogP contribution in [0, 0.1) is 0 Å². The molecule has 0 bridgehead atoms. The van der Waals surface area contributed by atoms with E-state index in [1.165, 1.54) is 6.04 Å². The SMILES string of the molecule is CC[SiH](C)O[Si](C(C)C)(C(C)C)C(C)C. The Hall–Kier alpha value is 0.394. The van der Waals surface area contributed by atoms with Gasteiger partial charge >= 0.3 is 0 Å². The zero-order valence-corrected chi connectivity index (χ0v) is 14.1. The van der Waals surface area contributed by atoms with Crippen LogP contribution in [0.4, 0.5) is 0 Å². The van der Waals surface area contributed by atoms with Gasteiger partial charge in [0.25, 0.3) is 0 Å². The average Bonchev–Trinajstić information content (AvgIpc) is 2.11. The topological polar surface area (TPSA) is 9.23 Å². The Bertz CT molecular complexity index is 157. The molecule has 0 N–H and O–H groups in total. The molecule has 1 nitrogen and oxygen atoms in total. The highest BCUT2D eigenvalue weighted by Crippen LogP contribution is 2.42. The number of hydrogen-bond acceptors (Lipinski definition) is 1. The number of hydrogen-bond donors (Lipinski definition) is 0. The maximum atomic E-state index is 6.65. The molecule has 0 aromatic carbocycles. The summed E-state index contributed by atoms with van der Waals surface area (Å²) in [6, 6.07) is 1.26. The maximum absolute atomic E-state index is 6.65. The van der Waals surface area contributed by atoms with Crippen molar-refractivity contribution in [1.82, 2.24) is 0 Å². The standard InChI is InChI=1S/C12H30OSi2/c1-9-14(8)13-15(10(2)3,11(4)5)12(6)7/h10-12,14H,9H2,1-8H3. The molecule has 1 atom stereocenters. The monoisotopic (exact) mass is 246 g/mol. The first kappa shape index (κ1) is 15.4. The normalized spacial score (nSPS) is 15.4. The summed E-state index contributed by atoms with van der Waals surface area (Å²) in [6.45, 7) is 18.8. The molecule has 0 fully saturated rings. The molecule has 15 heavy (non-hydrogen) atoms. The molecule has 0 aliphatic rings. The lowest BCUT2D eigenvalue weighted by atomic mass is 10.5. The summed E-state index contributed by atoms with van der Waals surface area (Å²) in [5.41, 5.74) is 2.21. The van der Waals surface area contributed by atoms with Crippen molar-refractivity contribution in [3.8, 4) is 0 Å². The van der Waals surface area contributed by atoms with Crippen LogP contribution in [-0.4, -0.2) is 17.4 Å². The van der Waals surface area contributed by atoms with E-state index in [4.69, 9.17) is 4.12 Å². The summed E-state index contributed by atoms with van der Waals surface area (Å²) >= 11 is 0. The first-order valence-electron chi connectivity index (χ1n) is 6.46. The molecule has 0 amide bonds. The molecule has 0 saturated heterocycles. The van der Waals surface area contributed by atoms with Crippen LogP contribution < -0.4 is 0 Å². The Morgan fingerprint density at radius 1 is 0.933 bits per heavy atom. The summed E-state index contributed by atoms with van der Waals surface area (Å²) < 4.78 is 6.65. The maximum Gasteiger partial charge on any atom is 0.187 e. The van der Waals surface area contributed by atoms with Crippen LogP contribution in [0.2, 0.25) is 29.2 Å². The molecule has 0 saturated carbocycles. The third-order valence-electron chi connectivity index (χ3n) is 3.69. The molecule has 0 aliphatic heterocycles. The van der Waals surface area contributed by atoms with Crippen molar-refractivity contribution in [3.05, 3.63) is 0 Å². The van der Waals surface area contributed by atoms with Gasteiger partial charge in [-0.1, -0.05) is 48.5 Å². The summed E-state index contributed by atoms with van der Waals surface area (Å²) in [5.74, 6) is 0. The average molecular weight is 247 g/mol. The predicted molar refractivity (Wildman–Crippen MR) is 75.6 cm³/mol. The van der Waals surface area contributed by atoms with Crippen LogP contribution >= 0.6 is 0 Å². The third-order valence-corrected chi connectivity index (χ3v) is 13.5. The highest BCUT2D eigenvalue weighted by Gasteiger charge is 2.45. The Balaban J connectivity index is 4.96. The fourth-order valence-electron chi connectivity index (χ4n) is 2.84. The van der Waals surface area contributed by atoms with E-state index in [2.05, 4.69) is 55.0 Å². The second-order valence-electron chi connectivity index (χ2n) is 5.65. The van der Waals surface area contributed by atoms with Crippen LogP contribution in [0.3, 0.4) is 0 Å². The van der Waals surface area contributed by atoms with Gasteiger partial charge in [-0.25, -0.2) is 0 Å². The molecular weight excluding hydrogens is 216 g/mol. The van der Waals surface area contributed by atoms with E-state index in [1.807, 2.05) is 0 Å². The minimum absolute atomic E-state index is 0.735. The molecule has 0 aromatic heterocycles. The van der Waals surface area contributed by atoms with Crippen molar-refractivity contribution in [1.29, 1.82) is 0 Å². The van der Waals surface area contributed by atoms with E-state index in [-0.39, 0.29) is 0 Å². The summed E-state index contributed by atoms with van der Waals surface area (Å²) in [4.78, 5) is 0. The largest absolute Gasteiger partial charge is 0.457 e. The lowest BCUT2D eigenvalue weighted by Gasteiger charge is -2.44. The lowest BCUT2D eigenvalue weighted by Crippen LogP contribution is -2.50. The van der Waals surface area contributed by atoms with Crippen LogP contribution in [-0.2, 0) is 4.12 Å². The second kappa shape index (κ2) is 6.21. The highest BCUT2D eigenvalue weighted by molar-refractivity contribution is 6.83. The van der Waals surface area contributed by atoms with Crippen molar-refractivity contribution in [2.45, 2.75) is 77.7 Å². The second-order valence-corrected chi connectivity index (χ2v) is 14.2. The van der Waals surface area contributed by atoms with Gasteiger partial charge in [-0.2, -0.15) is 0 Å². The van der Waals surface area contributed by atoms with E-state index in [0.717, 1.165) is 16.6 Å². The predicted octanol–water partition coefficient (Wildman–Crippen LogP) is 4.55. The molecule has 0 aromatic rings. The van der Waals surface area contributed by atoms with Crippen LogP contribution in [0.1, 0.15) is 48.5 Å². The smallest absolute Gasteiger partial charge is 0.187 e. The van der Waals surface area contributed by atoms with E-state index < -0.39 is 17.4 Å². The van der Waals surface area contributed by atoms with Crippen molar-refractivity contribution >= 4 is 17.4 Å². The van der Waals surface area contributed by atoms with Crippen LogP contribution in [0.25, 0.3) is 0 Å². The minimum Gasteiger partial charge on any atom is -0.457 e. The minimum atomic E-state index is -1.55. The summed E-state index contributed by atoms with van der Waals surface area (Å²) in [7, 11) is -2.46. The lowest BCUT2D eigenvalue weighted by molar-refractivity contribution is 0.490. The van der Waals surface area contributed by atoms with Gasteiger partial charge in [0.2, 0.25) is 0 Å². The van der Waals surface area contributed by atoms with Gasteiger partial charge in [-0.3, -0.25) is 0 Å². The Morgan fingerprint density at radius 3 is 1.47 bits per heavy atom. The van der Waals surface area contributed by atoms with Gasteiger partial charge in [0, 0.05) is 0 Å². The number of rotatable bonds is 6. The quantitative estimate of drug-likeness (QED) is 0.625. The van der Waals surface area contributed by atoms with Crippen molar-refractivity contribution < 1.29 is 4.12 Å². The van der Waals surface area contributed by atoms with E-state index in [0.29, 0.717) is 0 Å². The molecule has 0 spiro atoms. The van der Waals surface area contributed by atoms with Gasteiger partial charge in [0.15, 0.2) is 17.4 Å². The first-order chi connectivity index (χ1) is 6.78. The van der Waals surface area contributed by atoms with Gasteiger partial charge in [-0.15, -0.1) is 0 Å². The molecule has 1 unspecified atom stereocenters. The molecule has 0 radical (unpaired) electrons. The molecule has 92 valence electrons. The van der Waals surface area contributed by atoms with E-state index in [1.54, 1.807) is 0 Å². The van der Waals surface area contributed by atoms with Crippen LogP contribution in [0.15, 0.2) is 0 Å². The molecule has 0 rings (SSSR count). The van der Waals surface area contributed by atoms with E-state index >= 15 is 0 Å². The van der Waals surface area contributed by atoms with Crippen molar-refractivity contribution in [3.63, 3.8) is 0 Å². The van der Waals surface area contributed by atoms with Gasteiger partial charge in [-0.05, 0) is 29.2 Å². The third kappa shape index (κ3) is 3.43. The highest BCUT2D eigenvalue weighted by atomic mass is 28.4. The first-order valence-corrected chi connectivity index (χ1v) is 11.0. The Morgan fingerprint density at radius 2 is 1.27 bits per heavy atom. The molecular formula is C12H30OSi2. The fraction of sp³-hybridized carbons (Fsp3) is 1.00.